The number of rotatable bonds is 6. The van der Waals surface area contributed by atoms with Gasteiger partial charge in [0.05, 0.1) is 12.6 Å². The number of hydrogen-bond acceptors (Lipinski definition) is 6. The maximum atomic E-state index is 13.1. The smallest absolute Gasteiger partial charge is 0.377 e. The van der Waals surface area contributed by atoms with Crippen molar-refractivity contribution in [1.29, 1.82) is 0 Å². The summed E-state index contributed by atoms with van der Waals surface area (Å²) in [5.41, 5.74) is 0.565. The molecular weight excluding hydrogens is 359 g/mol. The predicted octanol–water partition coefficient (Wildman–Crippen LogP) is 1.37. The third-order valence-corrected chi connectivity index (χ3v) is 3.48. The fraction of sp³-hybridized carbons (Fsp3) is 0.389. The van der Waals surface area contributed by atoms with Gasteiger partial charge in [0.15, 0.2) is 6.61 Å². The third kappa shape index (κ3) is 5.78. The molecule has 0 aliphatic carbocycles. The summed E-state index contributed by atoms with van der Waals surface area (Å²) in [6.07, 6.45) is 0.931. The minimum Gasteiger partial charge on any atom is -0.445 e. The van der Waals surface area contributed by atoms with E-state index in [1.807, 2.05) is 0 Å². The van der Waals surface area contributed by atoms with Crippen LogP contribution in [0.4, 0.5) is 4.39 Å². The van der Waals surface area contributed by atoms with Crippen LogP contribution in [0.5, 0.6) is 0 Å². The van der Waals surface area contributed by atoms with Crippen LogP contribution in [0, 0.1) is 5.82 Å². The Kier molecular flexibility index (Phi) is 6.17. The molecule has 0 saturated carbocycles. The van der Waals surface area contributed by atoms with E-state index in [4.69, 9.17) is 14.3 Å². The molecule has 0 N–H and O–H groups in total. The van der Waals surface area contributed by atoms with Crippen LogP contribution >= 0.6 is 0 Å². The number of ether oxygens (including phenoxy) is 2. The summed E-state index contributed by atoms with van der Waals surface area (Å²) in [5, 5.41) is 0.892. The minimum atomic E-state index is -1.17. The maximum Gasteiger partial charge on any atom is 0.377 e. The first kappa shape index (κ1) is 20.4. The topological polar surface area (TPSA) is 85.4 Å². The molecule has 146 valence electrons. The first-order valence-corrected chi connectivity index (χ1v) is 8.10. The van der Waals surface area contributed by atoms with Crippen molar-refractivity contribution in [3.8, 4) is 0 Å². The van der Waals surface area contributed by atoms with E-state index < -0.39 is 23.5 Å². The highest BCUT2D eigenvalue weighted by molar-refractivity contribution is 5.97. The summed E-state index contributed by atoms with van der Waals surface area (Å²) in [6.45, 7) is 2.60. The molecule has 1 aromatic rings. The molecule has 0 radical (unpaired) electrons. The molecule has 0 bridgehead atoms. The molecule has 1 heterocycles. The molecule has 0 unspecified atom stereocenters. The van der Waals surface area contributed by atoms with Crippen molar-refractivity contribution in [1.82, 2.24) is 9.96 Å². The molecule has 9 heteroatoms. The Bertz CT molecular complexity index is 758. The van der Waals surface area contributed by atoms with Gasteiger partial charge in [-0.1, -0.05) is 12.1 Å². The van der Waals surface area contributed by atoms with Crippen molar-refractivity contribution < 1.29 is 33.1 Å². The average molecular weight is 380 g/mol. The molecule has 0 atom stereocenters. The number of hydrogen-bond donors (Lipinski definition) is 0. The molecule has 1 aliphatic rings. The molecule has 2 amide bonds. The second-order valence-electron chi connectivity index (χ2n) is 6.46. The first-order valence-electron chi connectivity index (χ1n) is 8.10. The summed E-state index contributed by atoms with van der Waals surface area (Å²) >= 11 is 0. The van der Waals surface area contributed by atoms with Crippen LogP contribution in [0.1, 0.15) is 19.4 Å². The van der Waals surface area contributed by atoms with Crippen LogP contribution in [0.15, 0.2) is 36.1 Å². The zero-order chi connectivity index (χ0) is 20.2. The quantitative estimate of drug-likeness (QED) is 0.421. The number of esters is 1. The normalized spacial score (nSPS) is 16.6. The SMILES string of the molecule is CN(C)C(=O)CON(Cc1ccc(F)cc1)C(=O)C=C1OC(C)(C)OC1=O. The Morgan fingerprint density at radius 1 is 1.19 bits per heavy atom. The second-order valence-corrected chi connectivity index (χ2v) is 6.46. The number of hydroxylamine groups is 2. The monoisotopic (exact) mass is 380 g/mol. The molecule has 1 fully saturated rings. The van der Waals surface area contributed by atoms with Crippen LogP contribution in [-0.4, -0.2) is 54.2 Å². The van der Waals surface area contributed by atoms with Crippen molar-refractivity contribution in [2.75, 3.05) is 20.7 Å². The van der Waals surface area contributed by atoms with Gasteiger partial charge in [-0.3, -0.25) is 14.4 Å². The Hall–Kier alpha value is -2.94. The number of likely N-dealkylation sites (N-methyl/N-ethyl adjacent to an activating group) is 1. The van der Waals surface area contributed by atoms with Gasteiger partial charge in [0.1, 0.15) is 5.82 Å². The van der Waals surface area contributed by atoms with Crippen LogP contribution in [-0.2, 0) is 35.2 Å². The Balaban J connectivity index is 2.17. The zero-order valence-electron chi connectivity index (χ0n) is 15.5. The van der Waals surface area contributed by atoms with Gasteiger partial charge < -0.3 is 14.4 Å². The van der Waals surface area contributed by atoms with E-state index in [-0.39, 0.29) is 24.8 Å². The van der Waals surface area contributed by atoms with E-state index in [2.05, 4.69) is 0 Å². The van der Waals surface area contributed by atoms with E-state index in [0.29, 0.717) is 5.56 Å². The molecule has 1 aromatic carbocycles. The van der Waals surface area contributed by atoms with Crippen molar-refractivity contribution in [2.24, 2.45) is 0 Å². The first-order chi connectivity index (χ1) is 12.6. The van der Waals surface area contributed by atoms with Gasteiger partial charge in [-0.25, -0.2) is 14.2 Å². The number of amides is 2. The van der Waals surface area contributed by atoms with Crippen LogP contribution < -0.4 is 0 Å². The lowest BCUT2D eigenvalue weighted by Gasteiger charge is -2.21. The lowest BCUT2D eigenvalue weighted by molar-refractivity contribution is -0.189. The van der Waals surface area contributed by atoms with Gasteiger partial charge in [0, 0.05) is 27.9 Å². The highest BCUT2D eigenvalue weighted by atomic mass is 19.1. The molecule has 27 heavy (non-hydrogen) atoms. The maximum absolute atomic E-state index is 13.1. The van der Waals surface area contributed by atoms with Crippen molar-refractivity contribution >= 4 is 17.8 Å². The van der Waals surface area contributed by atoms with E-state index in [9.17, 15) is 18.8 Å². The summed E-state index contributed by atoms with van der Waals surface area (Å²) in [6, 6.07) is 5.43. The predicted molar refractivity (Wildman–Crippen MR) is 90.9 cm³/mol. The van der Waals surface area contributed by atoms with Crippen LogP contribution in [0.3, 0.4) is 0 Å². The van der Waals surface area contributed by atoms with Gasteiger partial charge in [-0.05, 0) is 17.7 Å². The fourth-order valence-electron chi connectivity index (χ4n) is 2.08. The molecule has 1 aliphatic heterocycles. The van der Waals surface area contributed by atoms with Gasteiger partial charge in [-0.15, -0.1) is 0 Å². The lowest BCUT2D eigenvalue weighted by atomic mass is 10.2. The highest BCUT2D eigenvalue weighted by Crippen LogP contribution is 2.26. The number of carbonyl (C=O) groups excluding carboxylic acids is 3. The zero-order valence-corrected chi connectivity index (χ0v) is 15.5. The summed E-state index contributed by atoms with van der Waals surface area (Å²) in [5.74, 6) is -3.73. The molecule has 8 nitrogen and oxygen atoms in total. The van der Waals surface area contributed by atoms with E-state index >= 15 is 0 Å². The summed E-state index contributed by atoms with van der Waals surface area (Å²) in [4.78, 5) is 42.7. The number of halogens is 1. The van der Waals surface area contributed by atoms with Crippen molar-refractivity contribution in [3.63, 3.8) is 0 Å². The molecule has 0 aromatic heterocycles. The molecule has 0 spiro atoms. The Morgan fingerprint density at radius 3 is 2.33 bits per heavy atom. The van der Waals surface area contributed by atoms with Gasteiger partial charge in [-0.2, -0.15) is 0 Å². The lowest BCUT2D eigenvalue weighted by Crippen LogP contribution is -2.35. The standard InChI is InChI=1S/C18H21FN2O6/c1-18(2)26-14(17(24)27-18)9-15(22)21(25-11-16(23)20(3)4)10-12-5-7-13(19)8-6-12/h5-9H,10-11H2,1-4H3. The fourth-order valence-corrected chi connectivity index (χ4v) is 2.08. The number of nitrogens with zero attached hydrogens (tertiary/aromatic N) is 2. The van der Waals surface area contributed by atoms with Gasteiger partial charge in [0.25, 0.3) is 11.8 Å². The third-order valence-electron chi connectivity index (χ3n) is 3.48. The largest absolute Gasteiger partial charge is 0.445 e. The van der Waals surface area contributed by atoms with Gasteiger partial charge in [0.2, 0.25) is 11.5 Å². The number of cyclic esters (lactones) is 1. The second kappa shape index (κ2) is 8.17. The Labute approximate surface area is 156 Å². The molecule has 2 rings (SSSR count). The van der Waals surface area contributed by atoms with E-state index in [1.165, 1.54) is 43.0 Å². The number of carbonyl (C=O) groups is 3. The Morgan fingerprint density at radius 2 is 1.81 bits per heavy atom. The summed E-state index contributed by atoms with van der Waals surface area (Å²) < 4.78 is 23.3. The molecule has 1 saturated heterocycles. The highest BCUT2D eigenvalue weighted by Gasteiger charge is 2.38. The van der Waals surface area contributed by atoms with Gasteiger partial charge >= 0.3 is 5.97 Å². The summed E-state index contributed by atoms with van der Waals surface area (Å²) in [7, 11) is 3.09. The average Bonchev–Trinajstić information content (AvgIpc) is 2.84. The van der Waals surface area contributed by atoms with Crippen molar-refractivity contribution in [2.45, 2.75) is 26.2 Å². The van der Waals surface area contributed by atoms with E-state index in [0.717, 1.165) is 11.1 Å². The van der Waals surface area contributed by atoms with Crippen molar-refractivity contribution in [3.05, 3.63) is 47.5 Å². The van der Waals surface area contributed by atoms with Crippen LogP contribution in [0.2, 0.25) is 0 Å². The van der Waals surface area contributed by atoms with Crippen LogP contribution in [0.25, 0.3) is 0 Å². The van der Waals surface area contributed by atoms with E-state index in [1.54, 1.807) is 14.1 Å². The minimum absolute atomic E-state index is 0.0674. The molecular formula is C18H21FN2O6. The number of benzene rings is 1.